The summed E-state index contributed by atoms with van der Waals surface area (Å²) in [4.78, 5) is 27.0. The lowest BCUT2D eigenvalue weighted by atomic mass is 10.1. The van der Waals surface area contributed by atoms with Crippen molar-refractivity contribution in [3.63, 3.8) is 0 Å². The number of carbonyl (C=O) groups is 2. The molecule has 0 aliphatic carbocycles. The van der Waals surface area contributed by atoms with Crippen LogP contribution in [0, 0.1) is 5.92 Å². The second-order valence-corrected chi connectivity index (χ2v) is 8.32. The summed E-state index contributed by atoms with van der Waals surface area (Å²) >= 11 is 0. The zero-order chi connectivity index (χ0) is 25.3. The van der Waals surface area contributed by atoms with Gasteiger partial charge in [0.15, 0.2) is 11.5 Å². The first kappa shape index (κ1) is 24.9. The third-order valence-electron chi connectivity index (χ3n) is 5.77. The van der Waals surface area contributed by atoms with Crippen molar-refractivity contribution in [1.29, 1.82) is 0 Å². The van der Waals surface area contributed by atoms with Crippen molar-refractivity contribution in [3.8, 4) is 17.2 Å². The Morgan fingerprint density at radius 2 is 1.67 bits per heavy atom. The van der Waals surface area contributed by atoms with Gasteiger partial charge in [0, 0.05) is 24.7 Å². The van der Waals surface area contributed by atoms with Gasteiger partial charge in [0.05, 0.1) is 24.8 Å². The maximum absolute atomic E-state index is 12.8. The molecule has 0 unspecified atom stereocenters. The van der Waals surface area contributed by atoms with Crippen LogP contribution in [0.15, 0.2) is 72.8 Å². The molecule has 0 saturated carbocycles. The molecule has 2 N–H and O–H groups in total. The molecular formula is C28H31N3O5. The number of hydrazine groups is 1. The van der Waals surface area contributed by atoms with E-state index in [1.807, 2.05) is 68.4 Å². The average molecular weight is 490 g/mol. The monoisotopic (exact) mass is 489 g/mol. The van der Waals surface area contributed by atoms with E-state index in [9.17, 15) is 9.59 Å². The number of nitrogens with one attached hydrogen (secondary N) is 2. The molecule has 3 aromatic rings. The van der Waals surface area contributed by atoms with Crippen LogP contribution in [0.2, 0.25) is 0 Å². The lowest BCUT2D eigenvalue weighted by molar-refractivity contribution is -0.125. The Kier molecular flexibility index (Phi) is 8.28. The van der Waals surface area contributed by atoms with Gasteiger partial charge in [0.1, 0.15) is 12.4 Å². The van der Waals surface area contributed by atoms with Gasteiger partial charge in [0.2, 0.25) is 11.8 Å². The van der Waals surface area contributed by atoms with Crippen molar-refractivity contribution in [2.75, 3.05) is 30.1 Å². The Morgan fingerprint density at radius 3 is 2.39 bits per heavy atom. The summed E-state index contributed by atoms with van der Waals surface area (Å²) in [6.07, 6.45) is 0.150. The summed E-state index contributed by atoms with van der Waals surface area (Å²) in [5.74, 6) is 1.14. The number of anilines is 2. The van der Waals surface area contributed by atoms with Crippen LogP contribution in [-0.4, -0.2) is 31.6 Å². The van der Waals surface area contributed by atoms with Crippen molar-refractivity contribution in [1.82, 2.24) is 5.43 Å². The lowest BCUT2D eigenvalue weighted by Crippen LogP contribution is -2.36. The highest BCUT2D eigenvalue weighted by molar-refractivity contribution is 6.00. The molecule has 1 aliphatic rings. The van der Waals surface area contributed by atoms with Crippen LogP contribution < -0.4 is 30.0 Å². The highest BCUT2D eigenvalue weighted by Gasteiger charge is 2.35. The molecule has 8 nitrogen and oxygen atoms in total. The van der Waals surface area contributed by atoms with Crippen LogP contribution in [0.3, 0.4) is 0 Å². The summed E-state index contributed by atoms with van der Waals surface area (Å²) in [5, 5.41) is 0. The molecular weight excluding hydrogens is 458 g/mol. The molecule has 0 aromatic heterocycles. The van der Waals surface area contributed by atoms with E-state index in [1.165, 1.54) is 0 Å². The average Bonchev–Trinajstić information content (AvgIpc) is 3.30. The van der Waals surface area contributed by atoms with E-state index in [2.05, 4.69) is 10.9 Å². The number of ether oxygens (including phenoxy) is 3. The standard InChI is InChI=1S/C28H31N3O5/c1-3-34-24-13-11-23(12-14-24)31-18-21(16-27(31)32)28(33)30-29-22-10-15-25(26(17-22)35-4-2)36-19-20-8-6-5-7-9-20/h5-15,17,21,29H,3-4,16,18-19H2,1-2H3,(H,30,33)/t21-/m0/s1. The molecule has 1 aliphatic heterocycles. The first-order valence-electron chi connectivity index (χ1n) is 12.1. The number of nitrogens with zero attached hydrogens (tertiary/aromatic N) is 1. The van der Waals surface area contributed by atoms with Crippen LogP contribution in [0.25, 0.3) is 0 Å². The molecule has 1 saturated heterocycles. The fourth-order valence-electron chi connectivity index (χ4n) is 3.97. The summed E-state index contributed by atoms with van der Waals surface area (Å²) in [6, 6.07) is 22.6. The van der Waals surface area contributed by atoms with Crippen LogP contribution in [-0.2, 0) is 16.2 Å². The number of rotatable bonds is 11. The quantitative estimate of drug-likeness (QED) is 0.384. The van der Waals surface area contributed by atoms with Crippen LogP contribution in [0.4, 0.5) is 11.4 Å². The summed E-state index contributed by atoms with van der Waals surface area (Å²) in [7, 11) is 0. The Balaban J connectivity index is 1.33. The second kappa shape index (κ2) is 12.0. The predicted octanol–water partition coefficient (Wildman–Crippen LogP) is 4.56. The highest BCUT2D eigenvalue weighted by Crippen LogP contribution is 2.31. The second-order valence-electron chi connectivity index (χ2n) is 8.32. The molecule has 0 radical (unpaired) electrons. The van der Waals surface area contributed by atoms with E-state index in [0.717, 1.165) is 17.0 Å². The van der Waals surface area contributed by atoms with Crippen molar-refractivity contribution in [2.45, 2.75) is 26.9 Å². The number of carbonyl (C=O) groups excluding carboxylic acids is 2. The Bertz CT molecular complexity index is 1170. The first-order chi connectivity index (χ1) is 17.6. The molecule has 1 heterocycles. The smallest absolute Gasteiger partial charge is 0.243 e. The van der Waals surface area contributed by atoms with E-state index in [1.54, 1.807) is 23.1 Å². The number of hydrogen-bond acceptors (Lipinski definition) is 6. The molecule has 0 bridgehead atoms. The summed E-state index contributed by atoms with van der Waals surface area (Å²) in [6.45, 7) is 5.61. The maximum atomic E-state index is 12.8. The SMILES string of the molecule is CCOc1ccc(N2C[C@@H](C(=O)NNc3ccc(OCc4ccccc4)c(OCC)c3)CC2=O)cc1. The number of amides is 2. The van der Waals surface area contributed by atoms with Gasteiger partial charge >= 0.3 is 0 Å². The van der Waals surface area contributed by atoms with Crippen LogP contribution >= 0.6 is 0 Å². The fourth-order valence-corrected chi connectivity index (χ4v) is 3.97. The van der Waals surface area contributed by atoms with E-state index in [-0.39, 0.29) is 18.2 Å². The first-order valence-corrected chi connectivity index (χ1v) is 12.1. The fraction of sp³-hybridized carbons (Fsp3) is 0.286. The van der Waals surface area contributed by atoms with Crippen molar-refractivity contribution < 1.29 is 23.8 Å². The maximum Gasteiger partial charge on any atom is 0.243 e. The van der Waals surface area contributed by atoms with E-state index in [0.29, 0.717) is 43.6 Å². The molecule has 188 valence electrons. The van der Waals surface area contributed by atoms with Gasteiger partial charge in [0.25, 0.3) is 0 Å². The predicted molar refractivity (Wildman–Crippen MR) is 138 cm³/mol. The Hall–Kier alpha value is -4.20. The van der Waals surface area contributed by atoms with E-state index >= 15 is 0 Å². The van der Waals surface area contributed by atoms with Gasteiger partial charge in [-0.3, -0.25) is 20.4 Å². The zero-order valence-electron chi connectivity index (χ0n) is 20.5. The normalized spacial score (nSPS) is 14.9. The van der Waals surface area contributed by atoms with Gasteiger partial charge in [-0.15, -0.1) is 0 Å². The Morgan fingerprint density at radius 1 is 0.917 bits per heavy atom. The van der Waals surface area contributed by atoms with Gasteiger partial charge in [-0.1, -0.05) is 30.3 Å². The number of benzene rings is 3. The van der Waals surface area contributed by atoms with E-state index < -0.39 is 5.92 Å². The molecule has 4 rings (SSSR count). The molecule has 2 amide bonds. The lowest BCUT2D eigenvalue weighted by Gasteiger charge is -2.18. The third kappa shape index (κ3) is 6.27. The number of hydrogen-bond donors (Lipinski definition) is 2. The molecule has 8 heteroatoms. The molecule has 1 atom stereocenters. The van der Waals surface area contributed by atoms with Gasteiger partial charge < -0.3 is 19.1 Å². The minimum atomic E-state index is -0.462. The molecule has 1 fully saturated rings. The van der Waals surface area contributed by atoms with Crippen LogP contribution in [0.1, 0.15) is 25.8 Å². The summed E-state index contributed by atoms with van der Waals surface area (Å²) in [5.41, 5.74) is 8.10. The van der Waals surface area contributed by atoms with Gasteiger partial charge in [-0.05, 0) is 55.8 Å². The van der Waals surface area contributed by atoms with Gasteiger partial charge in [-0.25, -0.2) is 0 Å². The van der Waals surface area contributed by atoms with E-state index in [4.69, 9.17) is 14.2 Å². The zero-order valence-corrected chi connectivity index (χ0v) is 20.5. The highest BCUT2D eigenvalue weighted by atomic mass is 16.5. The topological polar surface area (TPSA) is 89.1 Å². The van der Waals surface area contributed by atoms with Crippen LogP contribution in [0.5, 0.6) is 17.2 Å². The van der Waals surface area contributed by atoms with Crippen molar-refractivity contribution in [3.05, 3.63) is 78.4 Å². The third-order valence-corrected chi connectivity index (χ3v) is 5.77. The Labute approximate surface area is 211 Å². The summed E-state index contributed by atoms with van der Waals surface area (Å²) < 4.78 is 17.1. The van der Waals surface area contributed by atoms with Crippen molar-refractivity contribution in [2.24, 2.45) is 5.92 Å². The minimum absolute atomic E-state index is 0.0853. The molecule has 36 heavy (non-hydrogen) atoms. The molecule has 0 spiro atoms. The molecule has 3 aromatic carbocycles. The van der Waals surface area contributed by atoms with Gasteiger partial charge in [-0.2, -0.15) is 0 Å². The van der Waals surface area contributed by atoms with Crippen molar-refractivity contribution >= 4 is 23.2 Å². The largest absolute Gasteiger partial charge is 0.494 e. The minimum Gasteiger partial charge on any atom is -0.494 e.